The van der Waals surface area contributed by atoms with Gasteiger partial charge in [0.25, 0.3) is 0 Å². The number of ether oxygens (including phenoxy) is 1. The van der Waals surface area contributed by atoms with Gasteiger partial charge >= 0.3 is 246 Å². The van der Waals surface area contributed by atoms with Crippen molar-refractivity contribution in [2.45, 2.75) is 26.2 Å². The first-order valence-corrected chi connectivity index (χ1v) is 17.9. The predicted octanol–water partition coefficient (Wildman–Crippen LogP) is 8.86. The summed E-state index contributed by atoms with van der Waals surface area (Å²) in [4.78, 5) is 11.9. The fourth-order valence-electron chi connectivity index (χ4n) is 6.17. The minimum atomic E-state index is -0.565. The van der Waals surface area contributed by atoms with Gasteiger partial charge in [-0.3, -0.25) is 0 Å². The maximum atomic E-state index is 6.62. The standard InChI is InChI=1S/C40H34N4OTe/c1-40(2,3)28-22-23-41-39(24-28)44-35-18-9-10-19-37(35)46-38-21-20-32(26-36(38)44)45-31-15-11-14-30(25-31)43-27-42(29-12-5-4-6-13-29)33-16-7-8-17-34(33)43/h4-26H,27H2,1-3H3. The molecule has 0 atom stereocenters. The van der Waals surface area contributed by atoms with Crippen LogP contribution in [0.2, 0.25) is 0 Å². The summed E-state index contributed by atoms with van der Waals surface area (Å²) in [7, 11) is 0. The average molecular weight is 714 g/mol. The first kappa shape index (κ1) is 28.7. The fraction of sp³-hybridized carbons (Fsp3) is 0.125. The zero-order chi connectivity index (χ0) is 31.3. The first-order valence-electron chi connectivity index (χ1n) is 15.6. The summed E-state index contributed by atoms with van der Waals surface area (Å²) in [5, 5.41) is 0. The summed E-state index contributed by atoms with van der Waals surface area (Å²) in [6.45, 7) is 7.47. The van der Waals surface area contributed by atoms with Crippen LogP contribution in [0, 0.1) is 0 Å². The zero-order valence-electron chi connectivity index (χ0n) is 26.1. The molecule has 0 saturated heterocycles. The Morgan fingerprint density at radius 2 is 1.24 bits per heavy atom. The molecule has 6 heteroatoms. The van der Waals surface area contributed by atoms with Crippen LogP contribution in [-0.2, 0) is 5.41 Å². The van der Waals surface area contributed by atoms with Crippen LogP contribution >= 0.6 is 0 Å². The van der Waals surface area contributed by atoms with E-state index >= 15 is 0 Å². The number of hydrogen-bond acceptors (Lipinski definition) is 5. The van der Waals surface area contributed by atoms with E-state index in [0.29, 0.717) is 0 Å². The SMILES string of the molecule is CC(C)(C)c1ccnc(N2c3ccccc3[Te]c3ccc(Oc4cccc(N5CN(c6ccccc6)c6ccccc65)c4)cc32)c1. The molecule has 0 aliphatic carbocycles. The van der Waals surface area contributed by atoms with E-state index in [1.807, 2.05) is 12.3 Å². The topological polar surface area (TPSA) is 31.8 Å². The van der Waals surface area contributed by atoms with Crippen LogP contribution < -0.4 is 26.7 Å². The van der Waals surface area contributed by atoms with Crippen molar-refractivity contribution in [1.82, 2.24) is 4.98 Å². The molecule has 8 rings (SSSR count). The van der Waals surface area contributed by atoms with E-state index in [9.17, 15) is 0 Å². The Kier molecular flexibility index (Phi) is 7.21. The molecule has 0 N–H and O–H groups in total. The molecule has 5 nitrogen and oxygen atoms in total. The molecule has 0 saturated carbocycles. The number of rotatable bonds is 5. The molecule has 226 valence electrons. The van der Waals surface area contributed by atoms with E-state index in [4.69, 9.17) is 9.72 Å². The molecule has 2 aliphatic heterocycles. The number of para-hydroxylation sites is 4. The summed E-state index contributed by atoms with van der Waals surface area (Å²) in [6.07, 6.45) is 1.94. The monoisotopic (exact) mass is 716 g/mol. The van der Waals surface area contributed by atoms with Crippen molar-refractivity contribution >= 4 is 68.1 Å². The molecule has 0 bridgehead atoms. The second-order valence-electron chi connectivity index (χ2n) is 12.6. The molecule has 46 heavy (non-hydrogen) atoms. The molecule has 5 aromatic carbocycles. The molecule has 2 aliphatic rings. The molecule has 0 fully saturated rings. The molecule has 0 spiro atoms. The molecule has 0 unspecified atom stereocenters. The number of pyridine rings is 1. The Morgan fingerprint density at radius 1 is 0.587 bits per heavy atom. The van der Waals surface area contributed by atoms with Gasteiger partial charge in [0.05, 0.1) is 0 Å². The second kappa shape index (κ2) is 11.6. The van der Waals surface area contributed by atoms with Crippen LogP contribution in [0.4, 0.5) is 39.9 Å². The van der Waals surface area contributed by atoms with Crippen molar-refractivity contribution in [1.29, 1.82) is 0 Å². The van der Waals surface area contributed by atoms with Crippen LogP contribution in [0.3, 0.4) is 0 Å². The predicted molar refractivity (Wildman–Crippen MR) is 191 cm³/mol. The van der Waals surface area contributed by atoms with Gasteiger partial charge in [-0.25, -0.2) is 0 Å². The van der Waals surface area contributed by atoms with E-state index in [2.05, 4.69) is 163 Å². The summed E-state index contributed by atoms with van der Waals surface area (Å²) < 4.78 is 9.42. The van der Waals surface area contributed by atoms with E-state index in [0.717, 1.165) is 35.4 Å². The van der Waals surface area contributed by atoms with Crippen molar-refractivity contribution in [3.63, 3.8) is 0 Å². The quantitative estimate of drug-likeness (QED) is 0.167. The molecular formula is C40H34N4OTe. The maximum absolute atomic E-state index is 6.62. The molecule has 0 amide bonds. The van der Waals surface area contributed by atoms with E-state index in [-0.39, 0.29) is 5.41 Å². The van der Waals surface area contributed by atoms with Crippen LogP contribution in [0.15, 0.2) is 140 Å². The Bertz CT molecular complexity index is 2060. The van der Waals surface area contributed by atoms with Crippen molar-refractivity contribution in [2.24, 2.45) is 0 Å². The van der Waals surface area contributed by atoms with Crippen molar-refractivity contribution in [3.05, 3.63) is 145 Å². The summed E-state index contributed by atoms with van der Waals surface area (Å²) >= 11 is -0.565. The van der Waals surface area contributed by atoms with Gasteiger partial charge in [0.2, 0.25) is 0 Å². The Labute approximate surface area is 280 Å². The summed E-state index contributed by atoms with van der Waals surface area (Å²) in [6, 6.07) is 47.2. The van der Waals surface area contributed by atoms with E-state index in [1.165, 1.54) is 35.5 Å². The van der Waals surface area contributed by atoms with E-state index < -0.39 is 20.9 Å². The number of nitrogens with zero attached hydrogens (tertiary/aromatic N) is 4. The summed E-state index contributed by atoms with van der Waals surface area (Å²) in [5.41, 5.74) is 8.30. The van der Waals surface area contributed by atoms with Gasteiger partial charge < -0.3 is 0 Å². The molecule has 1 aromatic heterocycles. The third kappa shape index (κ3) is 5.28. The number of anilines is 7. The van der Waals surface area contributed by atoms with Gasteiger partial charge in [0.1, 0.15) is 0 Å². The van der Waals surface area contributed by atoms with Crippen molar-refractivity contribution in [2.75, 3.05) is 21.4 Å². The second-order valence-corrected chi connectivity index (χ2v) is 15.7. The summed E-state index contributed by atoms with van der Waals surface area (Å²) in [5.74, 6) is 2.55. The normalized spacial score (nSPS) is 13.7. The number of fused-ring (bicyclic) bond motifs is 3. The number of aromatic nitrogens is 1. The van der Waals surface area contributed by atoms with Crippen molar-refractivity contribution < 1.29 is 4.74 Å². The Morgan fingerprint density at radius 3 is 2.02 bits per heavy atom. The average Bonchev–Trinajstić information content (AvgIpc) is 3.47. The van der Waals surface area contributed by atoms with Crippen LogP contribution in [0.1, 0.15) is 26.3 Å². The molecule has 0 radical (unpaired) electrons. The molecule has 6 aromatic rings. The minimum absolute atomic E-state index is 0.0218. The van der Waals surface area contributed by atoms with Gasteiger partial charge in [-0.05, 0) is 12.1 Å². The first-order chi connectivity index (χ1) is 22.4. The van der Waals surface area contributed by atoms with Gasteiger partial charge in [-0.15, -0.1) is 0 Å². The molecular weight excluding hydrogens is 680 g/mol. The number of hydrogen-bond donors (Lipinski definition) is 0. The van der Waals surface area contributed by atoms with E-state index in [1.54, 1.807) is 0 Å². The van der Waals surface area contributed by atoms with Crippen LogP contribution in [0.5, 0.6) is 11.5 Å². The van der Waals surface area contributed by atoms with Gasteiger partial charge in [0, 0.05) is 0 Å². The van der Waals surface area contributed by atoms with Crippen molar-refractivity contribution in [3.8, 4) is 11.5 Å². The third-order valence-electron chi connectivity index (χ3n) is 8.52. The van der Waals surface area contributed by atoms with Gasteiger partial charge in [-0.1, -0.05) is 24.3 Å². The fourth-order valence-corrected chi connectivity index (χ4v) is 9.13. The van der Waals surface area contributed by atoms with Crippen LogP contribution in [0.25, 0.3) is 0 Å². The third-order valence-corrected chi connectivity index (χ3v) is 11.7. The Hall–Kier alpha value is -4.76. The Balaban J connectivity index is 1.13. The van der Waals surface area contributed by atoms with Gasteiger partial charge in [0.15, 0.2) is 0 Å². The number of benzene rings is 5. The van der Waals surface area contributed by atoms with Gasteiger partial charge in [-0.2, -0.15) is 0 Å². The molecule has 3 heterocycles. The van der Waals surface area contributed by atoms with Crippen LogP contribution in [-0.4, -0.2) is 32.6 Å². The zero-order valence-corrected chi connectivity index (χ0v) is 28.4.